The monoisotopic (exact) mass is 408 g/mol. The van der Waals surface area contributed by atoms with Crippen LogP contribution in [-0.4, -0.2) is 60.9 Å². The molecule has 0 aromatic heterocycles. The molecule has 0 unspecified atom stereocenters. The highest BCUT2D eigenvalue weighted by Gasteiger charge is 2.45. The van der Waals surface area contributed by atoms with Crippen molar-refractivity contribution in [3.05, 3.63) is 70.8 Å². The summed E-state index contributed by atoms with van der Waals surface area (Å²) < 4.78 is 5.34. The number of hydrogen-bond acceptors (Lipinski definition) is 5. The van der Waals surface area contributed by atoms with Gasteiger partial charge in [-0.1, -0.05) is 42.0 Å². The number of nitrogens with zero attached hydrogens (tertiary/aromatic N) is 2. The standard InChI is InChI=1S/C24H28N2O4/c1-16-9-11-17(12-10-16)22(27)20-21(18-7-5-8-19(15-18)30-4)26(24(29)23(20)28)14-6-13-25(2)3/h5,7-12,15,21,27H,6,13-14H2,1-4H3/b22-20+/t21-/m1/s1. The van der Waals surface area contributed by atoms with Gasteiger partial charge in [-0.2, -0.15) is 0 Å². The Hall–Kier alpha value is -3.12. The number of benzene rings is 2. The van der Waals surface area contributed by atoms with Crippen LogP contribution in [0.25, 0.3) is 5.76 Å². The van der Waals surface area contributed by atoms with Crippen LogP contribution in [0.5, 0.6) is 5.75 Å². The van der Waals surface area contributed by atoms with Crippen molar-refractivity contribution >= 4 is 17.4 Å². The van der Waals surface area contributed by atoms with Gasteiger partial charge in [0.15, 0.2) is 0 Å². The molecule has 2 aromatic carbocycles. The van der Waals surface area contributed by atoms with E-state index >= 15 is 0 Å². The van der Waals surface area contributed by atoms with Crippen LogP contribution in [0.15, 0.2) is 54.1 Å². The first-order valence-corrected chi connectivity index (χ1v) is 9.97. The van der Waals surface area contributed by atoms with E-state index in [2.05, 4.69) is 0 Å². The Bertz CT molecular complexity index is 963. The number of aliphatic hydroxyl groups excluding tert-OH is 1. The summed E-state index contributed by atoms with van der Waals surface area (Å²) in [6.45, 7) is 3.14. The number of ether oxygens (including phenoxy) is 1. The fourth-order valence-corrected chi connectivity index (χ4v) is 3.69. The van der Waals surface area contributed by atoms with Crippen LogP contribution >= 0.6 is 0 Å². The normalized spacial score (nSPS) is 18.3. The van der Waals surface area contributed by atoms with Crippen molar-refractivity contribution in [1.82, 2.24) is 9.80 Å². The molecular weight excluding hydrogens is 380 g/mol. The Balaban J connectivity index is 2.10. The van der Waals surface area contributed by atoms with E-state index in [0.717, 1.165) is 17.7 Å². The van der Waals surface area contributed by atoms with Crippen molar-refractivity contribution in [3.8, 4) is 5.75 Å². The number of carbonyl (C=O) groups excluding carboxylic acids is 2. The number of Topliss-reactive ketones (excluding diaryl/α,β-unsaturated/α-hetero) is 1. The molecule has 3 rings (SSSR count). The van der Waals surface area contributed by atoms with Crippen molar-refractivity contribution in [3.63, 3.8) is 0 Å². The Morgan fingerprint density at radius 2 is 1.83 bits per heavy atom. The number of methoxy groups -OCH3 is 1. The summed E-state index contributed by atoms with van der Waals surface area (Å²) in [5, 5.41) is 11.0. The molecular formula is C24H28N2O4. The maximum Gasteiger partial charge on any atom is 0.295 e. The molecule has 1 N–H and O–H groups in total. The lowest BCUT2D eigenvalue weighted by molar-refractivity contribution is -0.139. The summed E-state index contributed by atoms with van der Waals surface area (Å²) in [6, 6.07) is 13.9. The molecule has 1 heterocycles. The van der Waals surface area contributed by atoms with Gasteiger partial charge < -0.3 is 19.6 Å². The van der Waals surface area contributed by atoms with E-state index in [-0.39, 0.29) is 11.3 Å². The summed E-state index contributed by atoms with van der Waals surface area (Å²) in [5.41, 5.74) is 2.40. The van der Waals surface area contributed by atoms with Crippen LogP contribution in [0, 0.1) is 6.92 Å². The second-order valence-corrected chi connectivity index (χ2v) is 7.79. The zero-order valence-electron chi connectivity index (χ0n) is 17.9. The molecule has 158 valence electrons. The van der Waals surface area contributed by atoms with Crippen LogP contribution in [0.4, 0.5) is 0 Å². The molecule has 30 heavy (non-hydrogen) atoms. The third-order valence-corrected chi connectivity index (χ3v) is 5.28. The van der Waals surface area contributed by atoms with Crippen molar-refractivity contribution < 1.29 is 19.4 Å². The highest BCUT2D eigenvalue weighted by molar-refractivity contribution is 6.46. The summed E-state index contributed by atoms with van der Waals surface area (Å²) in [7, 11) is 5.50. The van der Waals surface area contributed by atoms with Crippen LogP contribution in [0.1, 0.15) is 29.2 Å². The zero-order valence-corrected chi connectivity index (χ0v) is 17.9. The first-order valence-electron chi connectivity index (χ1n) is 9.97. The Labute approximate surface area is 177 Å². The van der Waals surface area contributed by atoms with E-state index in [4.69, 9.17) is 4.74 Å². The highest BCUT2D eigenvalue weighted by atomic mass is 16.5. The smallest absolute Gasteiger partial charge is 0.295 e. The number of likely N-dealkylation sites (tertiary alicyclic amines) is 1. The second-order valence-electron chi connectivity index (χ2n) is 7.79. The molecule has 0 aliphatic carbocycles. The number of aliphatic hydroxyl groups is 1. The van der Waals surface area contributed by atoms with Gasteiger partial charge in [0.1, 0.15) is 11.5 Å². The third kappa shape index (κ3) is 4.39. The van der Waals surface area contributed by atoms with E-state index in [0.29, 0.717) is 24.3 Å². The van der Waals surface area contributed by atoms with Crippen molar-refractivity contribution in [2.45, 2.75) is 19.4 Å². The lowest BCUT2D eigenvalue weighted by atomic mass is 9.95. The van der Waals surface area contributed by atoms with Crippen LogP contribution in [0.2, 0.25) is 0 Å². The molecule has 1 saturated heterocycles. The van der Waals surface area contributed by atoms with E-state index in [9.17, 15) is 14.7 Å². The summed E-state index contributed by atoms with van der Waals surface area (Å²) in [4.78, 5) is 29.5. The summed E-state index contributed by atoms with van der Waals surface area (Å²) in [5.74, 6) is -0.779. The molecule has 6 heteroatoms. The van der Waals surface area contributed by atoms with Gasteiger partial charge in [0.25, 0.3) is 11.7 Å². The number of aryl methyl sites for hydroxylation is 1. The quantitative estimate of drug-likeness (QED) is 0.432. The summed E-state index contributed by atoms with van der Waals surface area (Å²) >= 11 is 0. The van der Waals surface area contributed by atoms with Gasteiger partial charge in [-0.05, 0) is 51.7 Å². The topological polar surface area (TPSA) is 70.1 Å². The summed E-state index contributed by atoms with van der Waals surface area (Å²) in [6.07, 6.45) is 0.713. The van der Waals surface area contributed by atoms with E-state index < -0.39 is 17.7 Å². The first kappa shape index (κ1) is 21.6. The van der Waals surface area contributed by atoms with E-state index in [1.807, 2.05) is 56.3 Å². The molecule has 1 aliphatic heterocycles. The largest absolute Gasteiger partial charge is 0.507 e. The highest BCUT2D eigenvalue weighted by Crippen LogP contribution is 2.40. The Kier molecular flexibility index (Phi) is 6.57. The lowest BCUT2D eigenvalue weighted by Crippen LogP contribution is -2.32. The minimum absolute atomic E-state index is 0.113. The van der Waals surface area contributed by atoms with Gasteiger partial charge in [0.2, 0.25) is 0 Å². The molecule has 0 saturated carbocycles. The molecule has 1 aliphatic rings. The lowest BCUT2D eigenvalue weighted by Gasteiger charge is -2.26. The molecule has 2 aromatic rings. The molecule has 6 nitrogen and oxygen atoms in total. The van der Waals surface area contributed by atoms with Crippen LogP contribution in [0.3, 0.4) is 0 Å². The number of hydrogen-bond donors (Lipinski definition) is 1. The number of ketones is 1. The van der Waals surface area contributed by atoms with Gasteiger partial charge in [-0.25, -0.2) is 0 Å². The van der Waals surface area contributed by atoms with E-state index in [1.165, 1.54) is 0 Å². The van der Waals surface area contributed by atoms with Gasteiger partial charge in [0.05, 0.1) is 18.7 Å². The maximum absolute atomic E-state index is 13.0. The van der Waals surface area contributed by atoms with Gasteiger partial charge in [0, 0.05) is 12.1 Å². The zero-order chi connectivity index (χ0) is 21.8. The Morgan fingerprint density at radius 3 is 2.47 bits per heavy atom. The van der Waals surface area contributed by atoms with Crippen LogP contribution < -0.4 is 4.74 Å². The van der Waals surface area contributed by atoms with Crippen LogP contribution in [-0.2, 0) is 9.59 Å². The van der Waals surface area contributed by atoms with Gasteiger partial charge >= 0.3 is 0 Å². The minimum Gasteiger partial charge on any atom is -0.507 e. The van der Waals surface area contributed by atoms with Crippen molar-refractivity contribution in [2.24, 2.45) is 0 Å². The van der Waals surface area contributed by atoms with Gasteiger partial charge in [-0.15, -0.1) is 0 Å². The predicted octanol–water partition coefficient (Wildman–Crippen LogP) is 3.38. The minimum atomic E-state index is -0.663. The third-order valence-electron chi connectivity index (χ3n) is 5.28. The SMILES string of the molecule is COc1cccc([C@@H]2/C(=C(\O)c3ccc(C)cc3)C(=O)C(=O)N2CCCN(C)C)c1. The fourth-order valence-electron chi connectivity index (χ4n) is 3.69. The predicted molar refractivity (Wildman–Crippen MR) is 116 cm³/mol. The second kappa shape index (κ2) is 9.13. The molecule has 0 spiro atoms. The molecule has 1 atom stereocenters. The number of carbonyl (C=O) groups is 2. The molecule has 1 fully saturated rings. The molecule has 0 bridgehead atoms. The maximum atomic E-state index is 13.0. The van der Waals surface area contributed by atoms with Gasteiger partial charge in [-0.3, -0.25) is 9.59 Å². The number of amides is 1. The Morgan fingerprint density at radius 1 is 1.13 bits per heavy atom. The van der Waals surface area contributed by atoms with Crippen molar-refractivity contribution in [1.29, 1.82) is 0 Å². The van der Waals surface area contributed by atoms with Crippen molar-refractivity contribution in [2.75, 3.05) is 34.3 Å². The average Bonchev–Trinajstić information content (AvgIpc) is 2.98. The first-order chi connectivity index (χ1) is 14.3. The van der Waals surface area contributed by atoms with E-state index in [1.54, 1.807) is 30.2 Å². The average molecular weight is 408 g/mol. The number of rotatable bonds is 7. The molecule has 0 radical (unpaired) electrons. The fraction of sp³-hybridized carbons (Fsp3) is 0.333. The molecule has 1 amide bonds.